The van der Waals surface area contributed by atoms with Gasteiger partial charge in [-0.15, -0.1) is 0 Å². The van der Waals surface area contributed by atoms with Crippen LogP contribution in [0.15, 0.2) is 48.5 Å². The largest absolute Gasteiger partial charge is 0.469 e. The molecule has 2 aromatic carbocycles. The van der Waals surface area contributed by atoms with Gasteiger partial charge in [0.05, 0.1) is 26.2 Å². The molecule has 4 heteroatoms. The van der Waals surface area contributed by atoms with Gasteiger partial charge >= 0.3 is 11.9 Å². The highest BCUT2D eigenvalue weighted by Crippen LogP contribution is 2.22. The number of hydrogen-bond donors (Lipinski definition) is 0. The van der Waals surface area contributed by atoms with Gasteiger partial charge < -0.3 is 9.47 Å². The van der Waals surface area contributed by atoms with Crippen LogP contribution in [0.1, 0.15) is 15.9 Å². The number of carbonyl (C=O) groups is 2. The summed E-state index contributed by atoms with van der Waals surface area (Å²) in [6.07, 6.45) is 0.223. The molecule has 0 fully saturated rings. The van der Waals surface area contributed by atoms with E-state index in [1.165, 1.54) is 14.2 Å². The number of rotatable bonds is 4. The van der Waals surface area contributed by atoms with Crippen LogP contribution in [-0.4, -0.2) is 26.2 Å². The summed E-state index contributed by atoms with van der Waals surface area (Å²) in [5.74, 6) is -0.655. The van der Waals surface area contributed by atoms with Gasteiger partial charge in [-0.3, -0.25) is 4.79 Å². The summed E-state index contributed by atoms with van der Waals surface area (Å²) in [6, 6.07) is 14.8. The van der Waals surface area contributed by atoms with Gasteiger partial charge in [0.1, 0.15) is 0 Å². The average molecular weight is 284 g/mol. The van der Waals surface area contributed by atoms with Crippen LogP contribution in [0.3, 0.4) is 0 Å². The number of methoxy groups -OCH3 is 2. The van der Waals surface area contributed by atoms with Crippen molar-refractivity contribution in [2.75, 3.05) is 14.2 Å². The summed E-state index contributed by atoms with van der Waals surface area (Å²) in [5.41, 5.74) is 3.18. The predicted octanol–water partition coefficient (Wildman–Crippen LogP) is 2.86. The van der Waals surface area contributed by atoms with E-state index in [9.17, 15) is 9.59 Å². The minimum absolute atomic E-state index is 0.223. The van der Waals surface area contributed by atoms with Crippen LogP contribution in [0.5, 0.6) is 0 Å². The van der Waals surface area contributed by atoms with E-state index in [2.05, 4.69) is 4.74 Å². The maximum absolute atomic E-state index is 11.6. The van der Waals surface area contributed by atoms with Gasteiger partial charge in [-0.05, 0) is 28.8 Å². The molecule has 0 aliphatic carbocycles. The smallest absolute Gasteiger partial charge is 0.337 e. The second-order valence-corrected chi connectivity index (χ2v) is 4.53. The Labute approximate surface area is 123 Å². The Balaban J connectivity index is 2.31. The van der Waals surface area contributed by atoms with E-state index < -0.39 is 0 Å². The predicted molar refractivity (Wildman–Crippen MR) is 78.9 cm³/mol. The molecule has 0 bridgehead atoms. The van der Waals surface area contributed by atoms with E-state index in [4.69, 9.17) is 4.74 Å². The van der Waals surface area contributed by atoms with Crippen LogP contribution in [0.4, 0.5) is 0 Å². The van der Waals surface area contributed by atoms with Gasteiger partial charge in [0.15, 0.2) is 0 Å². The summed E-state index contributed by atoms with van der Waals surface area (Å²) in [7, 11) is 2.72. The summed E-state index contributed by atoms with van der Waals surface area (Å²) in [4.78, 5) is 22.9. The zero-order chi connectivity index (χ0) is 15.2. The highest BCUT2D eigenvalue weighted by Gasteiger charge is 2.08. The topological polar surface area (TPSA) is 52.6 Å². The molecule has 0 heterocycles. The normalized spacial score (nSPS) is 10.0. The van der Waals surface area contributed by atoms with Gasteiger partial charge in [0.25, 0.3) is 0 Å². The first-order chi connectivity index (χ1) is 10.1. The van der Waals surface area contributed by atoms with E-state index >= 15 is 0 Å². The van der Waals surface area contributed by atoms with E-state index in [0.29, 0.717) is 5.56 Å². The molecule has 0 unspecified atom stereocenters. The van der Waals surface area contributed by atoms with Crippen molar-refractivity contribution >= 4 is 11.9 Å². The monoisotopic (exact) mass is 284 g/mol. The zero-order valence-electron chi connectivity index (χ0n) is 12.0. The van der Waals surface area contributed by atoms with Crippen molar-refractivity contribution in [3.8, 4) is 11.1 Å². The third-order valence-corrected chi connectivity index (χ3v) is 3.12. The van der Waals surface area contributed by atoms with Crippen LogP contribution in [0.2, 0.25) is 0 Å². The summed E-state index contributed by atoms with van der Waals surface area (Å²) in [5, 5.41) is 0. The lowest BCUT2D eigenvalue weighted by Gasteiger charge is -2.07. The molecule has 0 radical (unpaired) electrons. The highest BCUT2D eigenvalue weighted by molar-refractivity contribution is 5.91. The minimum atomic E-state index is -0.373. The molecule has 4 nitrogen and oxygen atoms in total. The molecule has 0 aliphatic heterocycles. The fourth-order valence-corrected chi connectivity index (χ4v) is 2.04. The van der Waals surface area contributed by atoms with Gasteiger partial charge in [-0.1, -0.05) is 36.4 Å². The lowest BCUT2D eigenvalue weighted by atomic mass is 10.00. The van der Waals surface area contributed by atoms with Gasteiger partial charge in [-0.25, -0.2) is 4.79 Å². The first-order valence-electron chi connectivity index (χ1n) is 6.48. The number of benzene rings is 2. The number of ether oxygens (including phenoxy) is 2. The SMILES string of the molecule is COC(=O)Cc1cccc(-c2cccc(C(=O)OC)c2)c1. The fourth-order valence-electron chi connectivity index (χ4n) is 2.04. The van der Waals surface area contributed by atoms with Crippen molar-refractivity contribution in [2.24, 2.45) is 0 Å². The quantitative estimate of drug-likeness (QED) is 0.810. The second kappa shape index (κ2) is 6.70. The van der Waals surface area contributed by atoms with Crippen molar-refractivity contribution in [3.05, 3.63) is 59.7 Å². The molecular formula is C17H16O4. The fraction of sp³-hybridized carbons (Fsp3) is 0.176. The third kappa shape index (κ3) is 3.69. The van der Waals surface area contributed by atoms with Crippen molar-refractivity contribution in [1.29, 1.82) is 0 Å². The molecule has 0 aliphatic rings. The second-order valence-electron chi connectivity index (χ2n) is 4.53. The molecule has 108 valence electrons. The standard InChI is InChI=1S/C17H16O4/c1-20-16(18)10-12-5-3-6-13(9-12)14-7-4-8-15(11-14)17(19)21-2/h3-9,11H,10H2,1-2H3. The Morgan fingerprint density at radius 2 is 1.57 bits per heavy atom. The first-order valence-corrected chi connectivity index (χ1v) is 6.48. The summed E-state index contributed by atoms with van der Waals surface area (Å²) < 4.78 is 9.38. The number of hydrogen-bond acceptors (Lipinski definition) is 4. The Hall–Kier alpha value is -2.62. The van der Waals surface area contributed by atoms with Crippen LogP contribution in [-0.2, 0) is 20.7 Å². The van der Waals surface area contributed by atoms with Crippen LogP contribution < -0.4 is 0 Å². The van der Waals surface area contributed by atoms with Gasteiger partial charge in [0, 0.05) is 0 Å². The summed E-state index contributed by atoms with van der Waals surface area (Å²) >= 11 is 0. The number of esters is 2. The van der Waals surface area contributed by atoms with Crippen molar-refractivity contribution < 1.29 is 19.1 Å². The lowest BCUT2D eigenvalue weighted by Crippen LogP contribution is -2.04. The first kappa shape index (κ1) is 14.8. The van der Waals surface area contributed by atoms with Gasteiger partial charge in [-0.2, -0.15) is 0 Å². The van der Waals surface area contributed by atoms with Crippen LogP contribution in [0, 0.1) is 0 Å². The molecule has 2 rings (SSSR count). The van der Waals surface area contributed by atoms with Crippen LogP contribution in [0.25, 0.3) is 11.1 Å². The molecular weight excluding hydrogens is 268 g/mol. The third-order valence-electron chi connectivity index (χ3n) is 3.12. The molecule has 0 spiro atoms. The highest BCUT2D eigenvalue weighted by atomic mass is 16.5. The van der Waals surface area contributed by atoms with Crippen LogP contribution >= 0.6 is 0 Å². The Bertz CT molecular complexity index is 661. The molecule has 0 saturated heterocycles. The Morgan fingerprint density at radius 3 is 2.24 bits per heavy atom. The molecule has 2 aromatic rings. The van der Waals surface area contributed by atoms with Gasteiger partial charge in [0.2, 0.25) is 0 Å². The number of carbonyl (C=O) groups excluding carboxylic acids is 2. The van der Waals surface area contributed by atoms with Crippen molar-refractivity contribution in [2.45, 2.75) is 6.42 Å². The molecule has 0 atom stereocenters. The van der Waals surface area contributed by atoms with E-state index in [-0.39, 0.29) is 18.4 Å². The average Bonchev–Trinajstić information content (AvgIpc) is 2.54. The molecule has 0 saturated carbocycles. The minimum Gasteiger partial charge on any atom is -0.469 e. The van der Waals surface area contributed by atoms with E-state index in [0.717, 1.165) is 16.7 Å². The molecule has 21 heavy (non-hydrogen) atoms. The van der Waals surface area contributed by atoms with Crippen molar-refractivity contribution in [1.82, 2.24) is 0 Å². The summed E-state index contributed by atoms with van der Waals surface area (Å²) in [6.45, 7) is 0. The van der Waals surface area contributed by atoms with E-state index in [1.54, 1.807) is 18.2 Å². The molecule has 0 aromatic heterocycles. The molecule has 0 N–H and O–H groups in total. The lowest BCUT2D eigenvalue weighted by molar-refractivity contribution is -0.139. The Kier molecular flexibility index (Phi) is 4.72. The Morgan fingerprint density at radius 1 is 0.905 bits per heavy atom. The maximum Gasteiger partial charge on any atom is 0.337 e. The molecule has 0 amide bonds. The zero-order valence-corrected chi connectivity index (χ0v) is 12.0. The van der Waals surface area contributed by atoms with Crippen molar-refractivity contribution in [3.63, 3.8) is 0 Å². The maximum atomic E-state index is 11.6. The van der Waals surface area contributed by atoms with E-state index in [1.807, 2.05) is 30.3 Å².